The lowest BCUT2D eigenvalue weighted by molar-refractivity contribution is -0.113. The highest BCUT2D eigenvalue weighted by Gasteiger charge is 2.44. The number of carbonyl (C=O) groups is 1. The van der Waals surface area contributed by atoms with Crippen molar-refractivity contribution in [2.24, 2.45) is 5.41 Å². The molecule has 2 fully saturated rings. The molecule has 3 heteroatoms. The molecular weight excluding hydrogens is 174 g/mol. The second-order valence-electron chi connectivity index (χ2n) is 4.13. The highest BCUT2D eigenvalue weighted by atomic mass is 35.5. The van der Waals surface area contributed by atoms with Gasteiger partial charge in [0.25, 0.3) is 0 Å². The molecule has 2 rings (SSSR count). The molecule has 0 aromatic carbocycles. The van der Waals surface area contributed by atoms with Gasteiger partial charge in [0.1, 0.15) is 0 Å². The van der Waals surface area contributed by atoms with Crippen LogP contribution in [-0.4, -0.2) is 29.8 Å². The van der Waals surface area contributed by atoms with Crippen molar-refractivity contribution < 1.29 is 4.79 Å². The zero-order valence-corrected chi connectivity index (χ0v) is 7.94. The first-order valence-corrected chi connectivity index (χ1v) is 4.99. The van der Waals surface area contributed by atoms with Gasteiger partial charge in [-0.1, -0.05) is 0 Å². The average Bonchev–Trinajstić information content (AvgIpc) is 2.75. The Morgan fingerprint density at radius 3 is 2.25 bits per heavy atom. The Morgan fingerprint density at radius 2 is 1.83 bits per heavy atom. The fourth-order valence-corrected chi connectivity index (χ4v) is 2.21. The molecule has 68 valence electrons. The van der Waals surface area contributed by atoms with Gasteiger partial charge < -0.3 is 0 Å². The fraction of sp³-hybridized carbons (Fsp3) is 0.889. The van der Waals surface area contributed by atoms with Gasteiger partial charge in [0.15, 0.2) is 0 Å². The van der Waals surface area contributed by atoms with Gasteiger partial charge in [-0.05, 0) is 55.8 Å². The predicted molar refractivity (Wildman–Crippen MR) is 48.2 cm³/mol. The Hall–Kier alpha value is -0.0800. The minimum atomic E-state index is -0.221. The average molecular weight is 188 g/mol. The fourth-order valence-electron chi connectivity index (χ4n) is 2.04. The van der Waals surface area contributed by atoms with Crippen molar-refractivity contribution in [3.63, 3.8) is 0 Å². The molecule has 0 bridgehead atoms. The molecule has 1 heterocycles. The molecule has 0 N–H and O–H groups in total. The van der Waals surface area contributed by atoms with E-state index in [1.54, 1.807) is 0 Å². The highest BCUT2D eigenvalue weighted by molar-refractivity contribution is 6.64. The lowest BCUT2D eigenvalue weighted by Crippen LogP contribution is -2.36. The van der Waals surface area contributed by atoms with Crippen molar-refractivity contribution in [2.45, 2.75) is 25.7 Å². The Morgan fingerprint density at radius 1 is 1.25 bits per heavy atom. The van der Waals surface area contributed by atoms with Crippen molar-refractivity contribution in [2.75, 3.05) is 19.6 Å². The monoisotopic (exact) mass is 187 g/mol. The standard InChI is InChI=1S/C9H14ClNO/c10-8(12)7-11-5-3-9(1-2-9)4-6-11/h1-7H2. The molecule has 2 nitrogen and oxygen atoms in total. The van der Waals surface area contributed by atoms with E-state index in [1.165, 1.54) is 25.7 Å². The molecule has 0 aromatic rings. The van der Waals surface area contributed by atoms with Gasteiger partial charge in [-0.15, -0.1) is 0 Å². The Bertz CT molecular complexity index is 191. The van der Waals surface area contributed by atoms with Crippen molar-refractivity contribution in [1.29, 1.82) is 0 Å². The van der Waals surface area contributed by atoms with E-state index in [4.69, 9.17) is 11.6 Å². The largest absolute Gasteiger partial charge is 0.295 e. The van der Waals surface area contributed by atoms with Crippen LogP contribution in [0.4, 0.5) is 0 Å². The summed E-state index contributed by atoms with van der Waals surface area (Å²) in [5.41, 5.74) is 0.700. The van der Waals surface area contributed by atoms with Crippen LogP contribution in [0.3, 0.4) is 0 Å². The summed E-state index contributed by atoms with van der Waals surface area (Å²) in [4.78, 5) is 12.8. The minimum Gasteiger partial charge on any atom is -0.295 e. The molecule has 1 aliphatic heterocycles. The van der Waals surface area contributed by atoms with Crippen LogP contribution in [0, 0.1) is 5.41 Å². The van der Waals surface area contributed by atoms with Crippen LogP contribution < -0.4 is 0 Å². The lowest BCUT2D eigenvalue weighted by atomic mass is 9.94. The van der Waals surface area contributed by atoms with Crippen molar-refractivity contribution in [3.05, 3.63) is 0 Å². The van der Waals surface area contributed by atoms with Crippen LogP contribution in [-0.2, 0) is 4.79 Å². The third-order valence-electron chi connectivity index (χ3n) is 3.22. The molecule has 1 saturated carbocycles. The maximum atomic E-state index is 10.6. The van der Waals surface area contributed by atoms with E-state index >= 15 is 0 Å². The smallest absolute Gasteiger partial charge is 0.235 e. The van der Waals surface area contributed by atoms with E-state index in [0.29, 0.717) is 12.0 Å². The van der Waals surface area contributed by atoms with Crippen LogP contribution in [0.2, 0.25) is 0 Å². The third-order valence-corrected chi connectivity index (χ3v) is 3.34. The zero-order valence-electron chi connectivity index (χ0n) is 7.18. The maximum absolute atomic E-state index is 10.6. The number of nitrogens with zero attached hydrogens (tertiary/aromatic N) is 1. The Balaban J connectivity index is 1.78. The first kappa shape index (κ1) is 8.52. The number of likely N-dealkylation sites (tertiary alicyclic amines) is 1. The number of halogens is 1. The number of hydrogen-bond acceptors (Lipinski definition) is 2. The van der Waals surface area contributed by atoms with Crippen LogP contribution in [0.5, 0.6) is 0 Å². The summed E-state index contributed by atoms with van der Waals surface area (Å²) >= 11 is 5.32. The van der Waals surface area contributed by atoms with E-state index in [-0.39, 0.29) is 5.24 Å². The van der Waals surface area contributed by atoms with Crippen LogP contribution in [0.25, 0.3) is 0 Å². The minimum absolute atomic E-state index is 0.221. The maximum Gasteiger partial charge on any atom is 0.235 e. The molecule has 0 radical (unpaired) electrons. The number of carbonyl (C=O) groups excluding carboxylic acids is 1. The summed E-state index contributed by atoms with van der Waals surface area (Å²) in [5.74, 6) is 0. The lowest BCUT2D eigenvalue weighted by Gasteiger charge is -2.30. The number of piperidine rings is 1. The van der Waals surface area contributed by atoms with Crippen LogP contribution >= 0.6 is 11.6 Å². The van der Waals surface area contributed by atoms with Gasteiger partial charge in [0.2, 0.25) is 5.24 Å². The van der Waals surface area contributed by atoms with E-state index in [2.05, 4.69) is 4.90 Å². The molecule has 2 aliphatic rings. The summed E-state index contributed by atoms with van der Waals surface area (Å²) in [6.07, 6.45) is 5.37. The van der Waals surface area contributed by atoms with E-state index < -0.39 is 0 Å². The van der Waals surface area contributed by atoms with Crippen molar-refractivity contribution in [1.82, 2.24) is 4.90 Å². The Kier molecular flexibility index (Phi) is 2.13. The molecule has 1 saturated heterocycles. The first-order chi connectivity index (χ1) is 5.70. The molecule has 0 amide bonds. The summed E-state index contributed by atoms with van der Waals surface area (Å²) in [5, 5.41) is -0.221. The molecule has 12 heavy (non-hydrogen) atoms. The van der Waals surface area contributed by atoms with Gasteiger partial charge in [0.05, 0.1) is 6.54 Å². The van der Waals surface area contributed by atoms with Crippen LogP contribution in [0.15, 0.2) is 0 Å². The van der Waals surface area contributed by atoms with Gasteiger partial charge in [-0.3, -0.25) is 9.69 Å². The van der Waals surface area contributed by atoms with Crippen LogP contribution in [0.1, 0.15) is 25.7 Å². The topological polar surface area (TPSA) is 20.3 Å². The van der Waals surface area contributed by atoms with Gasteiger partial charge in [-0.2, -0.15) is 0 Å². The number of rotatable bonds is 2. The quantitative estimate of drug-likeness (QED) is 0.613. The molecule has 0 atom stereocenters. The van der Waals surface area contributed by atoms with Gasteiger partial charge >= 0.3 is 0 Å². The second-order valence-corrected chi connectivity index (χ2v) is 4.55. The zero-order chi connectivity index (χ0) is 8.60. The molecule has 0 unspecified atom stereocenters. The molecule has 0 aromatic heterocycles. The van der Waals surface area contributed by atoms with Gasteiger partial charge in [-0.25, -0.2) is 0 Å². The van der Waals surface area contributed by atoms with Gasteiger partial charge in [0, 0.05) is 0 Å². The van der Waals surface area contributed by atoms with E-state index in [9.17, 15) is 4.79 Å². The SMILES string of the molecule is O=C(Cl)CN1CCC2(CC1)CC2. The summed E-state index contributed by atoms with van der Waals surface area (Å²) in [6.45, 7) is 2.58. The summed E-state index contributed by atoms with van der Waals surface area (Å²) in [7, 11) is 0. The molecular formula is C9H14ClNO. The van der Waals surface area contributed by atoms with Crippen molar-refractivity contribution >= 4 is 16.8 Å². The molecule has 1 aliphatic carbocycles. The first-order valence-electron chi connectivity index (χ1n) is 4.61. The normalized spacial score (nSPS) is 27.4. The van der Waals surface area contributed by atoms with E-state index in [1.807, 2.05) is 0 Å². The summed E-state index contributed by atoms with van der Waals surface area (Å²) < 4.78 is 0. The number of hydrogen-bond donors (Lipinski definition) is 0. The highest BCUT2D eigenvalue weighted by Crippen LogP contribution is 2.53. The predicted octanol–water partition coefficient (Wildman–Crippen LogP) is 1.63. The molecule has 1 spiro atoms. The Labute approximate surface area is 77.9 Å². The van der Waals surface area contributed by atoms with Crippen molar-refractivity contribution in [3.8, 4) is 0 Å². The third kappa shape index (κ3) is 1.80. The second kappa shape index (κ2) is 3.00. The van der Waals surface area contributed by atoms with E-state index in [0.717, 1.165) is 13.1 Å². The summed E-state index contributed by atoms with van der Waals surface area (Å²) in [6, 6.07) is 0.